The maximum Gasteiger partial charge on any atom is 0.119 e. The van der Waals surface area contributed by atoms with Crippen LogP contribution < -0.4 is 4.74 Å². The Morgan fingerprint density at radius 2 is 2.00 bits per heavy atom. The Balaban J connectivity index is 1.86. The fraction of sp³-hybridized carbons (Fsp3) is 0.500. The highest BCUT2D eigenvalue weighted by molar-refractivity contribution is 5.29. The molecule has 1 aromatic carbocycles. The first-order chi connectivity index (χ1) is 9.72. The Morgan fingerprint density at radius 3 is 2.65 bits per heavy atom. The molecule has 0 amide bonds. The van der Waals surface area contributed by atoms with E-state index in [1.165, 1.54) is 0 Å². The number of aliphatic hydroxyl groups excluding tert-OH is 1. The summed E-state index contributed by atoms with van der Waals surface area (Å²) in [7, 11) is 1.64. The Labute approximate surface area is 121 Å². The molecule has 0 radical (unpaired) electrons. The molecule has 1 heterocycles. The lowest BCUT2D eigenvalue weighted by Crippen LogP contribution is -2.47. The van der Waals surface area contributed by atoms with E-state index in [2.05, 4.69) is 15.7 Å². The van der Waals surface area contributed by atoms with Gasteiger partial charge in [-0.1, -0.05) is 18.1 Å². The SMILES string of the molecule is C#CCN1CCN(CC(O)c2cccc(OC)c2)CC1. The molecule has 1 fully saturated rings. The van der Waals surface area contributed by atoms with Crippen LogP contribution in [0.1, 0.15) is 11.7 Å². The van der Waals surface area contributed by atoms with Gasteiger partial charge in [0, 0.05) is 32.7 Å². The monoisotopic (exact) mass is 274 g/mol. The lowest BCUT2D eigenvalue weighted by Gasteiger charge is -2.34. The highest BCUT2D eigenvalue weighted by atomic mass is 16.5. The second-order valence-corrected chi connectivity index (χ2v) is 5.07. The van der Waals surface area contributed by atoms with E-state index in [4.69, 9.17) is 11.2 Å². The molecule has 1 aliphatic heterocycles. The van der Waals surface area contributed by atoms with Gasteiger partial charge in [0.05, 0.1) is 19.8 Å². The molecule has 4 heteroatoms. The van der Waals surface area contributed by atoms with Gasteiger partial charge in [-0.3, -0.25) is 9.80 Å². The zero-order valence-electron chi connectivity index (χ0n) is 12.0. The van der Waals surface area contributed by atoms with E-state index in [1.807, 2.05) is 24.3 Å². The smallest absolute Gasteiger partial charge is 0.119 e. The Morgan fingerprint density at radius 1 is 1.30 bits per heavy atom. The van der Waals surface area contributed by atoms with Gasteiger partial charge >= 0.3 is 0 Å². The van der Waals surface area contributed by atoms with Crippen molar-refractivity contribution < 1.29 is 9.84 Å². The topological polar surface area (TPSA) is 35.9 Å². The van der Waals surface area contributed by atoms with Crippen LogP contribution >= 0.6 is 0 Å². The van der Waals surface area contributed by atoms with E-state index >= 15 is 0 Å². The molecule has 0 bridgehead atoms. The van der Waals surface area contributed by atoms with Crippen molar-refractivity contribution in [2.24, 2.45) is 0 Å². The van der Waals surface area contributed by atoms with Gasteiger partial charge in [0.25, 0.3) is 0 Å². The van der Waals surface area contributed by atoms with E-state index in [9.17, 15) is 5.11 Å². The zero-order valence-corrected chi connectivity index (χ0v) is 12.0. The number of hydrogen-bond donors (Lipinski definition) is 1. The first kappa shape index (κ1) is 14.9. The molecule has 1 aliphatic rings. The third kappa shape index (κ3) is 3.97. The van der Waals surface area contributed by atoms with E-state index in [0.717, 1.165) is 37.5 Å². The van der Waals surface area contributed by atoms with Gasteiger partial charge < -0.3 is 9.84 Å². The summed E-state index contributed by atoms with van der Waals surface area (Å²) in [5.74, 6) is 3.45. The number of ether oxygens (including phenoxy) is 1. The van der Waals surface area contributed by atoms with Crippen molar-refractivity contribution in [2.75, 3.05) is 46.4 Å². The minimum atomic E-state index is -0.482. The van der Waals surface area contributed by atoms with Crippen LogP contribution in [-0.2, 0) is 0 Å². The van der Waals surface area contributed by atoms with Crippen molar-refractivity contribution in [1.29, 1.82) is 0 Å². The second-order valence-electron chi connectivity index (χ2n) is 5.07. The largest absolute Gasteiger partial charge is 0.497 e. The van der Waals surface area contributed by atoms with Gasteiger partial charge in [-0.25, -0.2) is 0 Å². The number of aliphatic hydroxyl groups is 1. The summed E-state index contributed by atoms with van der Waals surface area (Å²) in [5, 5.41) is 10.3. The standard InChI is InChI=1S/C16H22N2O2/c1-3-7-17-8-10-18(11-9-17)13-16(19)14-5-4-6-15(12-14)20-2/h1,4-6,12,16,19H,7-11,13H2,2H3. The van der Waals surface area contributed by atoms with Crippen LogP contribution in [0.25, 0.3) is 0 Å². The third-order valence-electron chi connectivity index (χ3n) is 3.69. The highest BCUT2D eigenvalue weighted by Crippen LogP contribution is 2.20. The summed E-state index contributed by atoms with van der Waals surface area (Å²) in [4.78, 5) is 4.53. The van der Waals surface area contributed by atoms with Crippen LogP contribution in [0.4, 0.5) is 0 Å². The Kier molecular flexibility index (Phi) is 5.42. The molecule has 0 saturated carbocycles. The highest BCUT2D eigenvalue weighted by Gasteiger charge is 2.19. The fourth-order valence-electron chi connectivity index (χ4n) is 2.46. The lowest BCUT2D eigenvalue weighted by molar-refractivity contribution is 0.0768. The van der Waals surface area contributed by atoms with Crippen molar-refractivity contribution in [3.05, 3.63) is 29.8 Å². The molecule has 4 nitrogen and oxygen atoms in total. The van der Waals surface area contributed by atoms with Crippen molar-refractivity contribution in [1.82, 2.24) is 9.80 Å². The average molecular weight is 274 g/mol. The van der Waals surface area contributed by atoms with Crippen molar-refractivity contribution in [3.63, 3.8) is 0 Å². The summed E-state index contributed by atoms with van der Waals surface area (Å²) in [5.41, 5.74) is 0.899. The Bertz CT molecular complexity index is 462. The summed E-state index contributed by atoms with van der Waals surface area (Å²) in [6.45, 7) is 5.19. The molecular weight excluding hydrogens is 252 g/mol. The number of terminal acetylenes is 1. The van der Waals surface area contributed by atoms with E-state index in [1.54, 1.807) is 7.11 Å². The van der Waals surface area contributed by atoms with Crippen LogP contribution in [0.15, 0.2) is 24.3 Å². The number of rotatable bonds is 5. The van der Waals surface area contributed by atoms with Crippen molar-refractivity contribution >= 4 is 0 Å². The minimum Gasteiger partial charge on any atom is -0.497 e. The molecule has 2 rings (SSSR count). The van der Waals surface area contributed by atoms with Gasteiger partial charge in [-0.2, -0.15) is 0 Å². The number of β-amino-alcohol motifs (C(OH)–C–C–N with tert-alkyl or cyclic N) is 1. The summed E-state index contributed by atoms with van der Waals surface area (Å²) >= 11 is 0. The maximum atomic E-state index is 10.3. The van der Waals surface area contributed by atoms with Gasteiger partial charge in [-0.05, 0) is 17.7 Å². The summed E-state index contributed by atoms with van der Waals surface area (Å²) in [6.07, 6.45) is 4.84. The molecule has 1 saturated heterocycles. The van der Waals surface area contributed by atoms with Crippen LogP contribution in [-0.4, -0.2) is 61.3 Å². The summed E-state index contributed by atoms with van der Waals surface area (Å²) < 4.78 is 5.19. The average Bonchev–Trinajstić information content (AvgIpc) is 2.49. The van der Waals surface area contributed by atoms with Crippen LogP contribution in [0, 0.1) is 12.3 Å². The molecule has 0 aliphatic carbocycles. The zero-order chi connectivity index (χ0) is 14.4. The predicted octanol–water partition coefficient (Wildman–Crippen LogP) is 0.979. The van der Waals surface area contributed by atoms with E-state index in [-0.39, 0.29) is 0 Å². The molecule has 108 valence electrons. The number of benzene rings is 1. The van der Waals surface area contributed by atoms with Gasteiger partial charge in [0.2, 0.25) is 0 Å². The van der Waals surface area contributed by atoms with Gasteiger partial charge in [0.1, 0.15) is 5.75 Å². The molecule has 0 aromatic heterocycles. The quantitative estimate of drug-likeness (QED) is 0.812. The summed E-state index contributed by atoms with van der Waals surface area (Å²) in [6, 6.07) is 7.61. The van der Waals surface area contributed by atoms with Crippen LogP contribution in [0.5, 0.6) is 5.75 Å². The van der Waals surface area contributed by atoms with Crippen molar-refractivity contribution in [2.45, 2.75) is 6.10 Å². The second kappa shape index (κ2) is 7.30. The maximum absolute atomic E-state index is 10.3. The van der Waals surface area contributed by atoms with Gasteiger partial charge in [0.15, 0.2) is 0 Å². The number of piperazine rings is 1. The number of hydrogen-bond acceptors (Lipinski definition) is 4. The molecule has 1 aromatic rings. The lowest BCUT2D eigenvalue weighted by atomic mass is 10.1. The molecular formula is C16H22N2O2. The number of methoxy groups -OCH3 is 1. The molecule has 1 N–H and O–H groups in total. The van der Waals surface area contributed by atoms with E-state index < -0.39 is 6.10 Å². The third-order valence-corrected chi connectivity index (χ3v) is 3.69. The van der Waals surface area contributed by atoms with Crippen LogP contribution in [0.3, 0.4) is 0 Å². The molecule has 1 unspecified atom stereocenters. The molecule has 20 heavy (non-hydrogen) atoms. The Hall–Kier alpha value is -1.54. The minimum absolute atomic E-state index is 0.482. The first-order valence-electron chi connectivity index (χ1n) is 6.93. The van der Waals surface area contributed by atoms with Crippen LogP contribution in [0.2, 0.25) is 0 Å². The first-order valence-corrected chi connectivity index (χ1v) is 6.93. The normalized spacial score (nSPS) is 18.4. The number of nitrogens with zero attached hydrogens (tertiary/aromatic N) is 2. The molecule has 0 spiro atoms. The fourth-order valence-corrected chi connectivity index (χ4v) is 2.46. The molecule has 1 atom stereocenters. The van der Waals surface area contributed by atoms with Crippen molar-refractivity contribution in [3.8, 4) is 18.1 Å². The predicted molar refractivity (Wildman–Crippen MR) is 79.7 cm³/mol. The van der Waals surface area contributed by atoms with E-state index in [0.29, 0.717) is 13.1 Å². The van der Waals surface area contributed by atoms with Gasteiger partial charge in [-0.15, -0.1) is 6.42 Å².